The van der Waals surface area contributed by atoms with E-state index in [9.17, 15) is 0 Å². The van der Waals surface area contributed by atoms with Crippen LogP contribution in [0.15, 0.2) is 0 Å². The summed E-state index contributed by atoms with van der Waals surface area (Å²) < 4.78 is 0. The molecule has 0 N–H and O–H groups in total. The zero-order chi connectivity index (χ0) is 4.28. The molecular weight excluding hydrogens is 240 g/mol. The van der Waals surface area contributed by atoms with Gasteiger partial charge in [0.25, 0.3) is 0 Å². The van der Waals surface area contributed by atoms with Crippen LogP contribution >= 0.6 is 0 Å². The fourth-order valence-corrected chi connectivity index (χ4v) is 0. The van der Waals surface area contributed by atoms with Gasteiger partial charge in [-0.1, -0.05) is 0 Å². The minimum Gasteiger partial charge on any atom is -1.00 e. The van der Waals surface area contributed by atoms with E-state index in [1.807, 2.05) is 0 Å². The second kappa shape index (κ2) is 6.35. The van der Waals surface area contributed by atoms with E-state index in [0.29, 0.717) is 0 Å². The summed E-state index contributed by atoms with van der Waals surface area (Å²) in [5.41, 5.74) is 0. The van der Waals surface area contributed by atoms with E-state index in [1.54, 1.807) is 0 Å². The first kappa shape index (κ1) is 10.4. The van der Waals surface area contributed by atoms with Crippen molar-refractivity contribution in [2.75, 3.05) is 0 Å². The third kappa shape index (κ3) is 9.02. The van der Waals surface area contributed by atoms with Crippen molar-refractivity contribution in [1.82, 2.24) is 0 Å². The molecule has 0 spiro atoms. The van der Waals surface area contributed by atoms with Crippen molar-refractivity contribution in [2.45, 2.75) is 18.9 Å². The van der Waals surface area contributed by atoms with E-state index in [-0.39, 0.29) is 24.0 Å². The Balaban J connectivity index is 0. The number of hydrogen-bond donors (Lipinski definition) is 0. The maximum atomic E-state index is 2.25. The van der Waals surface area contributed by atoms with E-state index >= 15 is 0 Å². The van der Waals surface area contributed by atoms with Gasteiger partial charge in [-0.25, -0.2) is 0 Å². The van der Waals surface area contributed by atoms with Crippen molar-refractivity contribution in [3.05, 3.63) is 0 Å². The molecule has 0 bridgehead atoms. The zero-order valence-corrected chi connectivity index (χ0v) is 9.49. The SMILES string of the molecule is CC(C)[CH2][Zn+].[I-]. The molecule has 0 fully saturated rings. The fourth-order valence-electron chi connectivity index (χ4n) is 0. The Labute approximate surface area is 66.8 Å². The van der Waals surface area contributed by atoms with Crippen LogP contribution in [0.5, 0.6) is 0 Å². The summed E-state index contributed by atoms with van der Waals surface area (Å²) in [5.74, 6) is 0.940. The van der Waals surface area contributed by atoms with E-state index < -0.39 is 0 Å². The second-order valence-corrected chi connectivity index (χ2v) is 2.89. The maximum Gasteiger partial charge on any atom is -1.00 e. The van der Waals surface area contributed by atoms with Crippen LogP contribution in [-0.2, 0) is 18.3 Å². The molecule has 0 aliphatic carbocycles. The number of halogens is 1. The molecule has 0 saturated heterocycles. The second-order valence-electron chi connectivity index (χ2n) is 1.68. The van der Waals surface area contributed by atoms with Gasteiger partial charge in [0.15, 0.2) is 0 Å². The van der Waals surface area contributed by atoms with Crippen molar-refractivity contribution in [3.8, 4) is 0 Å². The van der Waals surface area contributed by atoms with Crippen molar-refractivity contribution in [2.24, 2.45) is 5.92 Å². The average molecular weight is 249 g/mol. The molecule has 0 aliphatic rings. The molecule has 2 heteroatoms. The minimum atomic E-state index is 0. The Morgan fingerprint density at radius 3 is 1.67 bits per heavy atom. The molecule has 6 heavy (non-hydrogen) atoms. The molecule has 34 valence electrons. The summed E-state index contributed by atoms with van der Waals surface area (Å²) in [6.07, 6.45) is 0. The van der Waals surface area contributed by atoms with Crippen LogP contribution in [0, 0.1) is 5.92 Å². The minimum absolute atomic E-state index is 0. The molecule has 0 aromatic rings. The Morgan fingerprint density at radius 1 is 1.50 bits per heavy atom. The molecule has 0 aromatic heterocycles. The molecule has 0 amide bonds. The van der Waals surface area contributed by atoms with Gasteiger partial charge in [-0.3, -0.25) is 0 Å². The van der Waals surface area contributed by atoms with Crippen molar-refractivity contribution < 1.29 is 42.3 Å². The van der Waals surface area contributed by atoms with Crippen LogP contribution in [0.1, 0.15) is 13.8 Å². The van der Waals surface area contributed by atoms with Gasteiger partial charge in [-0.05, 0) is 0 Å². The summed E-state index contributed by atoms with van der Waals surface area (Å²) in [7, 11) is 0. The van der Waals surface area contributed by atoms with E-state index in [1.165, 1.54) is 23.3 Å². The van der Waals surface area contributed by atoms with Crippen LogP contribution in [0.3, 0.4) is 0 Å². The van der Waals surface area contributed by atoms with Gasteiger partial charge >= 0.3 is 43.1 Å². The molecule has 0 aromatic carbocycles. The van der Waals surface area contributed by atoms with Gasteiger partial charge < -0.3 is 24.0 Å². The predicted molar refractivity (Wildman–Crippen MR) is 19.6 cm³/mol. The number of rotatable bonds is 1. The third-order valence-corrected chi connectivity index (χ3v) is 3.00. The van der Waals surface area contributed by atoms with Gasteiger partial charge in [-0.2, -0.15) is 0 Å². The Hall–Kier alpha value is 1.35. The normalized spacial score (nSPS) is 8.17. The van der Waals surface area contributed by atoms with Gasteiger partial charge in [0.05, 0.1) is 0 Å². The fraction of sp³-hybridized carbons (Fsp3) is 1.00. The molecule has 0 unspecified atom stereocenters. The molecule has 0 saturated carbocycles. The molecule has 0 radical (unpaired) electrons. The van der Waals surface area contributed by atoms with Gasteiger partial charge in [0.2, 0.25) is 0 Å². The largest absolute Gasteiger partial charge is 1.00 e. The summed E-state index contributed by atoms with van der Waals surface area (Å²) in [4.78, 5) is 0. The predicted octanol–water partition coefficient (Wildman–Crippen LogP) is -1.39. The monoisotopic (exact) mass is 248 g/mol. The molecule has 0 rings (SSSR count). The van der Waals surface area contributed by atoms with Crippen LogP contribution in [0.2, 0.25) is 5.02 Å². The third-order valence-electron chi connectivity index (χ3n) is 0.577. The molecule has 0 aliphatic heterocycles. The molecule has 0 atom stereocenters. The standard InChI is InChI=1S/C4H9.HI.Zn/c1-4(2)3;;/h4H,1H2,2-3H3;1H;/q;;+1/p-1. The maximum absolute atomic E-state index is 2.25. The van der Waals surface area contributed by atoms with Gasteiger partial charge in [0.1, 0.15) is 0 Å². The summed E-state index contributed by atoms with van der Waals surface area (Å²) in [6.45, 7) is 4.51. The topological polar surface area (TPSA) is 0 Å². The van der Waals surface area contributed by atoms with E-state index in [4.69, 9.17) is 0 Å². The Bertz CT molecular complexity index is 21.5. The zero-order valence-electron chi connectivity index (χ0n) is 4.37. The Kier molecular flexibility index (Phi) is 11.0. The summed E-state index contributed by atoms with van der Waals surface area (Å²) >= 11 is 1.46. The van der Waals surface area contributed by atoms with Crippen LogP contribution in [0.4, 0.5) is 0 Å². The average Bonchev–Trinajstić information content (AvgIpc) is 1.38. The van der Waals surface area contributed by atoms with E-state index in [0.717, 1.165) is 5.92 Å². The summed E-state index contributed by atoms with van der Waals surface area (Å²) in [5, 5.41) is 1.43. The van der Waals surface area contributed by atoms with Crippen LogP contribution in [-0.4, -0.2) is 0 Å². The molecular formula is C4H9IZn. The summed E-state index contributed by atoms with van der Waals surface area (Å²) in [6, 6.07) is 0. The first-order chi connectivity index (χ1) is 2.27. The molecule has 0 heterocycles. The number of hydrogen-bond acceptors (Lipinski definition) is 0. The first-order valence-electron chi connectivity index (χ1n) is 2.06. The van der Waals surface area contributed by atoms with Crippen molar-refractivity contribution >= 4 is 0 Å². The van der Waals surface area contributed by atoms with Crippen molar-refractivity contribution in [3.63, 3.8) is 0 Å². The van der Waals surface area contributed by atoms with Crippen LogP contribution < -0.4 is 24.0 Å². The Morgan fingerprint density at radius 2 is 1.67 bits per heavy atom. The van der Waals surface area contributed by atoms with Gasteiger partial charge in [0, 0.05) is 0 Å². The van der Waals surface area contributed by atoms with Crippen LogP contribution in [0.25, 0.3) is 0 Å². The quantitative estimate of drug-likeness (QED) is 0.397. The smallest absolute Gasteiger partial charge is 1.00 e. The first-order valence-corrected chi connectivity index (χ1v) is 4.16. The molecule has 0 nitrogen and oxygen atoms in total. The van der Waals surface area contributed by atoms with Crippen molar-refractivity contribution in [1.29, 1.82) is 0 Å². The van der Waals surface area contributed by atoms with Gasteiger partial charge in [-0.15, -0.1) is 0 Å². The van der Waals surface area contributed by atoms with E-state index in [2.05, 4.69) is 13.8 Å².